The Morgan fingerprint density at radius 2 is 1.95 bits per heavy atom. The number of nitrogens with zero attached hydrogens (tertiary/aromatic N) is 4. The molecule has 0 aromatic carbocycles. The lowest BCUT2D eigenvalue weighted by atomic mass is 10.0. The summed E-state index contributed by atoms with van der Waals surface area (Å²) < 4.78 is 41.0. The molecule has 2 fully saturated rings. The van der Waals surface area contributed by atoms with Crippen molar-refractivity contribution in [3.8, 4) is 11.7 Å². The van der Waals surface area contributed by atoms with Gasteiger partial charge in [0.25, 0.3) is 15.9 Å². The second-order valence-corrected chi connectivity index (χ2v) is 14.0. The van der Waals surface area contributed by atoms with Gasteiger partial charge in [-0.05, 0) is 75.6 Å². The highest BCUT2D eigenvalue weighted by atomic mass is 35.5. The molecule has 0 bridgehead atoms. The maximum absolute atomic E-state index is 13.0. The molecule has 3 aromatic rings. The molecule has 3 aromatic heterocycles. The summed E-state index contributed by atoms with van der Waals surface area (Å²) in [5.41, 5.74) is 0.429. The van der Waals surface area contributed by atoms with Crippen LogP contribution in [0.5, 0.6) is 5.88 Å². The van der Waals surface area contributed by atoms with E-state index >= 15 is 0 Å². The Balaban J connectivity index is 1.13. The average molecular weight is 632 g/mol. The lowest BCUT2D eigenvalue weighted by Gasteiger charge is -2.17. The summed E-state index contributed by atoms with van der Waals surface area (Å²) in [6.07, 6.45) is 7.37. The van der Waals surface area contributed by atoms with E-state index in [9.17, 15) is 13.2 Å². The van der Waals surface area contributed by atoms with Crippen molar-refractivity contribution in [1.82, 2.24) is 29.8 Å². The second-order valence-electron chi connectivity index (χ2n) is 12.1. The van der Waals surface area contributed by atoms with Gasteiger partial charge >= 0.3 is 0 Å². The van der Waals surface area contributed by atoms with Crippen LogP contribution in [0.25, 0.3) is 5.82 Å². The molecule has 1 atom stereocenters. The lowest BCUT2D eigenvalue weighted by molar-refractivity contribution is 0.0706. The Bertz CT molecular complexity index is 1560. The molecule has 1 aliphatic heterocycles. The Morgan fingerprint density at radius 1 is 1.14 bits per heavy atom. The van der Waals surface area contributed by atoms with Crippen LogP contribution >= 0.6 is 11.6 Å². The van der Waals surface area contributed by atoms with Crippen molar-refractivity contribution in [1.29, 1.82) is 0 Å². The van der Waals surface area contributed by atoms with E-state index in [0.29, 0.717) is 42.7 Å². The van der Waals surface area contributed by atoms with Gasteiger partial charge in [0.2, 0.25) is 5.88 Å². The zero-order valence-corrected chi connectivity index (χ0v) is 26.2. The fraction of sp³-hybridized carbons (Fsp3) is 0.517. The smallest absolute Gasteiger partial charge is 0.281 e. The fourth-order valence-electron chi connectivity index (χ4n) is 4.89. The summed E-state index contributed by atoms with van der Waals surface area (Å²) in [5.74, 6) is 0.216. The third-order valence-electron chi connectivity index (χ3n) is 7.69. The lowest BCUT2D eigenvalue weighted by Crippen LogP contribution is -2.31. The summed E-state index contributed by atoms with van der Waals surface area (Å²) in [4.78, 5) is 21.2. The van der Waals surface area contributed by atoms with Crippen LogP contribution in [-0.4, -0.2) is 72.0 Å². The van der Waals surface area contributed by atoms with Gasteiger partial charge in [-0.1, -0.05) is 24.6 Å². The van der Waals surface area contributed by atoms with Crippen molar-refractivity contribution in [3.05, 3.63) is 53.3 Å². The molecule has 1 amide bonds. The normalized spacial score (nSPS) is 18.7. The summed E-state index contributed by atoms with van der Waals surface area (Å²) in [6, 6.07) is 9.11. The maximum Gasteiger partial charge on any atom is 0.281 e. The monoisotopic (exact) mass is 631 g/mol. The molecular formula is C29H38ClN7O5S. The molecular weight excluding hydrogens is 594 g/mol. The van der Waals surface area contributed by atoms with E-state index in [1.165, 1.54) is 41.8 Å². The number of sulfonamides is 1. The van der Waals surface area contributed by atoms with Crippen molar-refractivity contribution in [2.24, 2.45) is 5.41 Å². The predicted molar refractivity (Wildman–Crippen MR) is 162 cm³/mol. The number of amides is 1. The third-order valence-corrected chi connectivity index (χ3v) is 9.21. The van der Waals surface area contributed by atoms with E-state index < -0.39 is 15.9 Å². The summed E-state index contributed by atoms with van der Waals surface area (Å²) in [5, 5.41) is 10.3. The van der Waals surface area contributed by atoms with E-state index in [2.05, 4.69) is 46.5 Å². The predicted octanol–water partition coefficient (Wildman–Crippen LogP) is 3.96. The number of ether oxygens (including phenoxy) is 2. The Labute approximate surface area is 257 Å². The van der Waals surface area contributed by atoms with Crippen LogP contribution < -0.4 is 20.1 Å². The van der Waals surface area contributed by atoms with Gasteiger partial charge in [0.1, 0.15) is 11.0 Å². The highest BCUT2D eigenvalue weighted by molar-refractivity contribution is 7.90. The minimum atomic E-state index is -4.29. The number of nitrogens with one attached hydrogen (secondary N) is 3. The Kier molecular flexibility index (Phi) is 9.26. The van der Waals surface area contributed by atoms with Gasteiger partial charge in [-0.25, -0.2) is 19.4 Å². The zero-order valence-electron chi connectivity index (χ0n) is 24.6. The summed E-state index contributed by atoms with van der Waals surface area (Å²) >= 11 is 6.29. The number of rotatable bonds is 14. The van der Waals surface area contributed by atoms with E-state index in [1.54, 1.807) is 18.3 Å². The van der Waals surface area contributed by atoms with Gasteiger partial charge in [0, 0.05) is 30.9 Å². The molecule has 12 nitrogen and oxygen atoms in total. The van der Waals surface area contributed by atoms with Crippen LogP contribution in [0.4, 0.5) is 5.82 Å². The van der Waals surface area contributed by atoms with Crippen LogP contribution in [-0.2, 0) is 14.8 Å². The van der Waals surface area contributed by atoms with Crippen molar-refractivity contribution in [2.45, 2.75) is 69.5 Å². The first-order valence-electron chi connectivity index (χ1n) is 14.4. The number of hydrogen-bond acceptors (Lipinski definition) is 10. The molecule has 0 spiro atoms. The average Bonchev–Trinajstić information content (AvgIpc) is 3.34. The van der Waals surface area contributed by atoms with Crippen molar-refractivity contribution < 1.29 is 22.7 Å². The van der Waals surface area contributed by atoms with E-state index in [-0.39, 0.29) is 27.4 Å². The number of pyridine rings is 2. The first-order chi connectivity index (χ1) is 20.4. The third kappa shape index (κ3) is 8.43. The minimum absolute atomic E-state index is 0.0568. The first-order valence-corrected chi connectivity index (χ1v) is 16.3. The molecule has 0 radical (unpaired) electrons. The minimum Gasteiger partial charge on any atom is -0.477 e. The van der Waals surface area contributed by atoms with Gasteiger partial charge in [0.05, 0.1) is 24.9 Å². The number of anilines is 1. The van der Waals surface area contributed by atoms with Crippen molar-refractivity contribution >= 4 is 33.3 Å². The van der Waals surface area contributed by atoms with Gasteiger partial charge in [-0.3, -0.25) is 4.79 Å². The number of hydrogen-bond donors (Lipinski definition) is 3. The molecule has 43 heavy (non-hydrogen) atoms. The first kappa shape index (κ1) is 31.2. The number of carbonyl (C=O) groups is 1. The molecule has 5 rings (SSSR count). The maximum atomic E-state index is 13.0. The van der Waals surface area contributed by atoms with E-state index in [1.807, 2.05) is 4.72 Å². The van der Waals surface area contributed by atoms with Gasteiger partial charge in [-0.15, -0.1) is 5.10 Å². The van der Waals surface area contributed by atoms with Gasteiger partial charge < -0.3 is 20.1 Å². The highest BCUT2D eigenvalue weighted by Gasteiger charge is 2.36. The molecule has 1 unspecified atom stereocenters. The highest BCUT2D eigenvalue weighted by Crippen LogP contribution is 2.48. The zero-order chi connectivity index (χ0) is 30.7. The largest absolute Gasteiger partial charge is 0.477 e. The van der Waals surface area contributed by atoms with E-state index in [4.69, 9.17) is 21.1 Å². The topological polar surface area (TPSA) is 149 Å². The van der Waals surface area contributed by atoms with Crippen molar-refractivity contribution in [3.63, 3.8) is 0 Å². The molecule has 1 saturated heterocycles. The molecule has 1 aliphatic carbocycles. The SMILES string of the molecule is CC1(CCCOc2ccn(-c3ccc(C(=O)NS(=O)(=O)c4cccc(NCCOC5CNC(C)(C)C5)n4)c(Cl)n3)n2)CC1. The van der Waals surface area contributed by atoms with Crippen molar-refractivity contribution in [2.75, 3.05) is 31.6 Å². The van der Waals surface area contributed by atoms with Gasteiger partial charge in [0.15, 0.2) is 10.8 Å². The number of carbonyl (C=O) groups excluding carboxylic acids is 1. The number of halogens is 1. The van der Waals surface area contributed by atoms with Crippen LogP contribution in [0.1, 0.15) is 63.2 Å². The van der Waals surface area contributed by atoms with Crippen LogP contribution in [0.15, 0.2) is 47.6 Å². The molecule has 4 heterocycles. The Hall–Kier alpha value is -3.26. The molecule has 3 N–H and O–H groups in total. The molecule has 14 heteroatoms. The Morgan fingerprint density at radius 3 is 2.67 bits per heavy atom. The van der Waals surface area contributed by atoms with Gasteiger partial charge in [-0.2, -0.15) is 8.42 Å². The second kappa shape index (κ2) is 12.8. The van der Waals surface area contributed by atoms with Crippen LogP contribution in [0, 0.1) is 5.41 Å². The fourth-order valence-corrected chi connectivity index (χ4v) is 6.06. The van der Waals surface area contributed by atoms with Crippen LogP contribution in [0.2, 0.25) is 5.15 Å². The molecule has 232 valence electrons. The summed E-state index contributed by atoms with van der Waals surface area (Å²) in [6.45, 7) is 8.80. The molecule has 2 aliphatic rings. The van der Waals surface area contributed by atoms with Crippen LogP contribution in [0.3, 0.4) is 0 Å². The molecule has 1 saturated carbocycles. The van der Waals surface area contributed by atoms with E-state index in [0.717, 1.165) is 25.8 Å². The summed E-state index contributed by atoms with van der Waals surface area (Å²) in [7, 11) is -4.29. The standard InChI is InChI=1S/C29H38ClN7O5S/c1-28(2)18-20(19-32-28)41-17-14-31-22-6-4-7-25(33-22)43(39,40)36-27(38)21-8-9-23(34-26(21)30)37-15-10-24(35-37)42-16-5-11-29(3)12-13-29/h4,6-10,15,20,32H,5,11-14,16-19H2,1-3H3,(H,31,33)(H,36,38). The quantitative estimate of drug-likeness (QED) is 0.176. The number of aromatic nitrogens is 4.